The lowest BCUT2D eigenvalue weighted by molar-refractivity contribution is 0.0955. The van der Waals surface area contributed by atoms with Crippen LogP contribution in [-0.4, -0.2) is 58.7 Å². The molecular weight excluding hydrogens is 248 g/mol. The highest BCUT2D eigenvalue weighted by molar-refractivity contribution is 6.01. The zero-order chi connectivity index (χ0) is 13.8. The van der Waals surface area contributed by atoms with Crippen LogP contribution in [0.1, 0.15) is 16.8 Å². The summed E-state index contributed by atoms with van der Waals surface area (Å²) < 4.78 is 0. The van der Waals surface area contributed by atoms with E-state index in [9.17, 15) is 20.1 Å². The molecule has 1 aromatic rings. The number of ketones is 1. The Hall–Kier alpha value is -1.79. The normalized spacial score (nSPS) is 16.4. The first-order chi connectivity index (χ1) is 9.08. The number of phenols is 3. The minimum absolute atomic E-state index is 0.118. The predicted octanol–water partition coefficient (Wildman–Crippen LogP) is 0.281. The second kappa shape index (κ2) is 5.90. The van der Waals surface area contributed by atoms with Gasteiger partial charge < -0.3 is 25.5 Å². The first-order valence-corrected chi connectivity index (χ1v) is 6.29. The van der Waals surface area contributed by atoms with Crippen LogP contribution in [0.5, 0.6) is 17.2 Å². The van der Waals surface area contributed by atoms with Crippen LogP contribution in [0.15, 0.2) is 12.1 Å². The van der Waals surface area contributed by atoms with Gasteiger partial charge in [0.15, 0.2) is 5.78 Å². The van der Waals surface area contributed by atoms with Crippen molar-refractivity contribution in [3.8, 4) is 17.2 Å². The molecular formula is C13H18N2O4. The van der Waals surface area contributed by atoms with Gasteiger partial charge in [-0.2, -0.15) is 0 Å². The Morgan fingerprint density at radius 3 is 2.32 bits per heavy atom. The van der Waals surface area contributed by atoms with Gasteiger partial charge in [0.25, 0.3) is 0 Å². The van der Waals surface area contributed by atoms with Crippen molar-refractivity contribution >= 4 is 5.78 Å². The second-order valence-corrected chi connectivity index (χ2v) is 4.62. The lowest BCUT2D eigenvalue weighted by Crippen LogP contribution is -2.44. The topological polar surface area (TPSA) is 93.0 Å². The molecule has 1 heterocycles. The maximum Gasteiger partial charge on any atom is 0.171 e. The summed E-state index contributed by atoms with van der Waals surface area (Å²) >= 11 is 0. The molecule has 0 radical (unpaired) electrons. The van der Waals surface area contributed by atoms with Crippen molar-refractivity contribution in [2.75, 3.05) is 32.7 Å². The molecule has 0 bridgehead atoms. The van der Waals surface area contributed by atoms with Crippen LogP contribution in [0.4, 0.5) is 0 Å². The van der Waals surface area contributed by atoms with E-state index in [-0.39, 0.29) is 35.0 Å². The summed E-state index contributed by atoms with van der Waals surface area (Å²) in [4.78, 5) is 14.2. The van der Waals surface area contributed by atoms with Gasteiger partial charge in [0.2, 0.25) is 0 Å². The van der Waals surface area contributed by atoms with E-state index in [2.05, 4.69) is 10.2 Å². The van der Waals surface area contributed by atoms with Crippen LogP contribution in [0, 0.1) is 0 Å². The number of Topliss-reactive ketones (excluding diaryl/α,β-unsaturated/α-hetero) is 1. The molecule has 104 valence electrons. The minimum atomic E-state index is -0.386. The van der Waals surface area contributed by atoms with E-state index in [0.717, 1.165) is 38.3 Å². The number of nitrogens with one attached hydrogen (secondary N) is 1. The van der Waals surface area contributed by atoms with Gasteiger partial charge in [0, 0.05) is 51.3 Å². The molecule has 0 saturated carbocycles. The third-order valence-corrected chi connectivity index (χ3v) is 3.23. The molecule has 0 unspecified atom stereocenters. The summed E-state index contributed by atoms with van der Waals surface area (Å²) in [6, 6.07) is 2.11. The van der Waals surface area contributed by atoms with Crippen LogP contribution in [0.25, 0.3) is 0 Å². The average Bonchev–Trinajstić information content (AvgIpc) is 2.36. The maximum atomic E-state index is 12.0. The molecule has 0 aliphatic carbocycles. The summed E-state index contributed by atoms with van der Waals surface area (Å²) in [6.45, 7) is 4.19. The van der Waals surface area contributed by atoms with Crippen molar-refractivity contribution in [2.24, 2.45) is 0 Å². The van der Waals surface area contributed by atoms with Crippen LogP contribution < -0.4 is 5.32 Å². The molecule has 0 spiro atoms. The average molecular weight is 266 g/mol. The number of hydrogen-bond acceptors (Lipinski definition) is 6. The molecule has 0 amide bonds. The van der Waals surface area contributed by atoms with Crippen LogP contribution in [-0.2, 0) is 0 Å². The summed E-state index contributed by atoms with van der Waals surface area (Å²) in [7, 11) is 0. The maximum absolute atomic E-state index is 12.0. The number of hydrogen-bond donors (Lipinski definition) is 4. The molecule has 1 saturated heterocycles. The highest BCUT2D eigenvalue weighted by Gasteiger charge is 2.19. The number of rotatable bonds is 4. The number of nitrogens with zero attached hydrogens (tertiary/aromatic N) is 1. The van der Waals surface area contributed by atoms with Crippen molar-refractivity contribution in [1.29, 1.82) is 0 Å². The Morgan fingerprint density at radius 1 is 1.16 bits per heavy atom. The number of piperazine rings is 1. The largest absolute Gasteiger partial charge is 0.508 e. The first kappa shape index (κ1) is 13.6. The van der Waals surface area contributed by atoms with E-state index in [1.54, 1.807) is 0 Å². The molecule has 6 nitrogen and oxygen atoms in total. The molecule has 4 N–H and O–H groups in total. The molecule has 19 heavy (non-hydrogen) atoms. The third-order valence-electron chi connectivity index (χ3n) is 3.23. The van der Waals surface area contributed by atoms with Gasteiger partial charge in [-0.05, 0) is 0 Å². The second-order valence-electron chi connectivity index (χ2n) is 4.62. The Balaban J connectivity index is 1.99. The third kappa shape index (κ3) is 3.36. The van der Waals surface area contributed by atoms with E-state index in [1.807, 2.05) is 0 Å². The zero-order valence-corrected chi connectivity index (χ0v) is 10.6. The van der Waals surface area contributed by atoms with E-state index >= 15 is 0 Å². The van der Waals surface area contributed by atoms with Crippen molar-refractivity contribution in [3.63, 3.8) is 0 Å². The lowest BCUT2D eigenvalue weighted by atomic mass is 10.0. The van der Waals surface area contributed by atoms with E-state index in [0.29, 0.717) is 6.54 Å². The summed E-state index contributed by atoms with van der Waals surface area (Å²) in [6.07, 6.45) is 0.228. The fourth-order valence-corrected chi connectivity index (χ4v) is 2.20. The number of phenolic OH excluding ortho intramolecular Hbond substituents is 3. The predicted molar refractivity (Wildman–Crippen MR) is 69.7 cm³/mol. The monoisotopic (exact) mass is 266 g/mol. The van der Waals surface area contributed by atoms with Crippen LogP contribution in [0.3, 0.4) is 0 Å². The van der Waals surface area contributed by atoms with E-state index in [4.69, 9.17) is 0 Å². The van der Waals surface area contributed by atoms with Gasteiger partial charge in [0.1, 0.15) is 22.8 Å². The van der Waals surface area contributed by atoms with E-state index in [1.165, 1.54) is 0 Å². The lowest BCUT2D eigenvalue weighted by Gasteiger charge is -2.26. The Labute approximate surface area is 111 Å². The van der Waals surface area contributed by atoms with Gasteiger partial charge in [-0.1, -0.05) is 0 Å². The van der Waals surface area contributed by atoms with Crippen LogP contribution in [0.2, 0.25) is 0 Å². The number of carbonyl (C=O) groups is 1. The fourth-order valence-electron chi connectivity index (χ4n) is 2.20. The molecule has 1 aliphatic heterocycles. The fraction of sp³-hybridized carbons (Fsp3) is 0.462. The molecule has 0 atom stereocenters. The molecule has 0 aromatic heterocycles. The number of carbonyl (C=O) groups excluding carboxylic acids is 1. The zero-order valence-electron chi connectivity index (χ0n) is 10.6. The van der Waals surface area contributed by atoms with E-state index < -0.39 is 0 Å². The van der Waals surface area contributed by atoms with Gasteiger partial charge >= 0.3 is 0 Å². The van der Waals surface area contributed by atoms with Crippen LogP contribution >= 0.6 is 0 Å². The molecule has 6 heteroatoms. The van der Waals surface area contributed by atoms with Gasteiger partial charge in [0.05, 0.1) is 0 Å². The van der Waals surface area contributed by atoms with Crippen molar-refractivity contribution in [2.45, 2.75) is 6.42 Å². The van der Waals surface area contributed by atoms with Gasteiger partial charge in [-0.15, -0.1) is 0 Å². The summed E-state index contributed by atoms with van der Waals surface area (Å²) in [5.74, 6) is -1.37. The Kier molecular flexibility index (Phi) is 4.24. The van der Waals surface area contributed by atoms with Crippen molar-refractivity contribution < 1.29 is 20.1 Å². The molecule has 1 aliphatic rings. The number of benzene rings is 1. The van der Waals surface area contributed by atoms with Crippen molar-refractivity contribution in [1.82, 2.24) is 10.2 Å². The highest BCUT2D eigenvalue weighted by Crippen LogP contribution is 2.32. The Bertz CT molecular complexity index is 447. The molecule has 2 rings (SSSR count). The van der Waals surface area contributed by atoms with Crippen molar-refractivity contribution in [3.05, 3.63) is 17.7 Å². The van der Waals surface area contributed by atoms with Gasteiger partial charge in [-0.3, -0.25) is 4.79 Å². The first-order valence-electron chi connectivity index (χ1n) is 6.29. The smallest absolute Gasteiger partial charge is 0.171 e. The Morgan fingerprint density at radius 2 is 1.74 bits per heavy atom. The quantitative estimate of drug-likeness (QED) is 0.585. The summed E-state index contributed by atoms with van der Waals surface area (Å²) in [5, 5.41) is 31.6. The SMILES string of the molecule is O=C(CCN1CCNCC1)c1c(O)cc(O)cc1O. The molecule has 1 aromatic carbocycles. The number of aromatic hydroxyl groups is 3. The summed E-state index contributed by atoms with van der Waals surface area (Å²) in [5.41, 5.74) is -0.118. The highest BCUT2D eigenvalue weighted by atomic mass is 16.3. The molecule has 1 fully saturated rings. The standard InChI is InChI=1S/C13H18N2O4/c16-9-7-11(18)13(12(19)8-9)10(17)1-4-15-5-2-14-3-6-15/h7-8,14,16,18-19H,1-6H2. The minimum Gasteiger partial charge on any atom is -0.508 e. The van der Waals surface area contributed by atoms with Gasteiger partial charge in [-0.25, -0.2) is 0 Å².